The SMILES string of the molecule is CC(C)CCN1CC(CCCC(C)CCN2CC(C(C)C)C2)C1. The third kappa shape index (κ3) is 6.74. The molecule has 1 unspecified atom stereocenters. The van der Waals surface area contributed by atoms with Gasteiger partial charge in [0.2, 0.25) is 0 Å². The quantitative estimate of drug-likeness (QED) is 0.542. The van der Waals surface area contributed by atoms with Crippen LogP contribution in [0.1, 0.15) is 66.7 Å². The van der Waals surface area contributed by atoms with Crippen molar-refractivity contribution >= 4 is 0 Å². The van der Waals surface area contributed by atoms with E-state index >= 15 is 0 Å². The van der Waals surface area contributed by atoms with Crippen LogP contribution in [0.5, 0.6) is 0 Å². The van der Waals surface area contributed by atoms with E-state index in [0.29, 0.717) is 0 Å². The lowest BCUT2D eigenvalue weighted by Crippen LogP contribution is -2.49. The number of hydrogen-bond donors (Lipinski definition) is 0. The highest BCUT2D eigenvalue weighted by Gasteiger charge is 2.29. The van der Waals surface area contributed by atoms with E-state index in [1.54, 1.807) is 0 Å². The Morgan fingerprint density at radius 1 is 0.783 bits per heavy atom. The largest absolute Gasteiger partial charge is 0.303 e. The molecule has 2 aliphatic rings. The smallest absolute Gasteiger partial charge is 0.00245 e. The van der Waals surface area contributed by atoms with Crippen LogP contribution < -0.4 is 0 Å². The monoisotopic (exact) mass is 322 g/mol. The average molecular weight is 323 g/mol. The Hall–Kier alpha value is -0.0800. The van der Waals surface area contributed by atoms with E-state index in [1.165, 1.54) is 71.4 Å². The summed E-state index contributed by atoms with van der Waals surface area (Å²) in [6.07, 6.45) is 7.16. The summed E-state index contributed by atoms with van der Waals surface area (Å²) in [5.41, 5.74) is 0. The highest BCUT2D eigenvalue weighted by molar-refractivity contribution is 4.82. The fourth-order valence-corrected chi connectivity index (χ4v) is 4.00. The molecular weight excluding hydrogens is 280 g/mol. The Morgan fingerprint density at radius 3 is 2.00 bits per heavy atom. The summed E-state index contributed by atoms with van der Waals surface area (Å²) >= 11 is 0. The average Bonchev–Trinajstić information content (AvgIpc) is 2.37. The third-order valence-electron chi connectivity index (χ3n) is 6.23. The molecule has 2 aliphatic heterocycles. The molecule has 2 fully saturated rings. The van der Waals surface area contributed by atoms with Crippen LogP contribution in [0, 0.1) is 29.6 Å². The minimum atomic E-state index is 0.858. The Bertz CT molecular complexity index is 314. The lowest BCUT2D eigenvalue weighted by atomic mass is 9.87. The molecule has 2 heteroatoms. The van der Waals surface area contributed by atoms with Gasteiger partial charge in [0.15, 0.2) is 0 Å². The molecule has 0 aromatic carbocycles. The first kappa shape index (κ1) is 19.2. The van der Waals surface area contributed by atoms with Gasteiger partial charge < -0.3 is 9.80 Å². The summed E-state index contributed by atoms with van der Waals surface area (Å²) in [6, 6.07) is 0. The molecule has 23 heavy (non-hydrogen) atoms. The van der Waals surface area contributed by atoms with E-state index < -0.39 is 0 Å². The van der Waals surface area contributed by atoms with Gasteiger partial charge in [-0.25, -0.2) is 0 Å². The Morgan fingerprint density at radius 2 is 1.39 bits per heavy atom. The molecule has 0 aromatic heterocycles. The van der Waals surface area contributed by atoms with Crippen LogP contribution in [0.4, 0.5) is 0 Å². The standard InChI is InChI=1S/C21H42N2/c1-17(2)9-11-22-13-20(14-22)8-6-7-19(5)10-12-23-15-21(16-23)18(3)4/h17-21H,6-16H2,1-5H3. The highest BCUT2D eigenvalue weighted by atomic mass is 15.2. The van der Waals surface area contributed by atoms with Crippen molar-refractivity contribution in [2.24, 2.45) is 29.6 Å². The number of rotatable bonds is 11. The van der Waals surface area contributed by atoms with Gasteiger partial charge in [0.25, 0.3) is 0 Å². The van der Waals surface area contributed by atoms with Crippen molar-refractivity contribution in [3.63, 3.8) is 0 Å². The first-order valence-electron chi connectivity index (χ1n) is 10.4. The molecule has 0 radical (unpaired) electrons. The second-order valence-electron chi connectivity index (χ2n) is 9.40. The van der Waals surface area contributed by atoms with Gasteiger partial charge in [-0.1, -0.05) is 47.5 Å². The molecule has 0 bridgehead atoms. The first-order valence-corrected chi connectivity index (χ1v) is 10.4. The van der Waals surface area contributed by atoms with Gasteiger partial charge in [0.1, 0.15) is 0 Å². The summed E-state index contributed by atoms with van der Waals surface area (Å²) in [7, 11) is 0. The lowest BCUT2D eigenvalue weighted by molar-refractivity contribution is 0.0625. The molecule has 2 saturated heterocycles. The van der Waals surface area contributed by atoms with Gasteiger partial charge in [-0.2, -0.15) is 0 Å². The van der Waals surface area contributed by atoms with Gasteiger partial charge in [-0.05, 0) is 61.9 Å². The summed E-state index contributed by atoms with van der Waals surface area (Å²) in [5, 5.41) is 0. The maximum Gasteiger partial charge on any atom is 0.00245 e. The predicted molar refractivity (Wildman–Crippen MR) is 102 cm³/mol. The minimum absolute atomic E-state index is 0.858. The van der Waals surface area contributed by atoms with Crippen LogP contribution >= 0.6 is 0 Å². The van der Waals surface area contributed by atoms with E-state index in [-0.39, 0.29) is 0 Å². The van der Waals surface area contributed by atoms with Crippen LogP contribution in [0.2, 0.25) is 0 Å². The van der Waals surface area contributed by atoms with E-state index in [0.717, 1.165) is 29.6 Å². The zero-order chi connectivity index (χ0) is 16.8. The van der Waals surface area contributed by atoms with Crippen LogP contribution in [-0.2, 0) is 0 Å². The third-order valence-corrected chi connectivity index (χ3v) is 6.23. The molecule has 0 spiro atoms. The van der Waals surface area contributed by atoms with Gasteiger partial charge >= 0.3 is 0 Å². The maximum atomic E-state index is 2.67. The van der Waals surface area contributed by atoms with Crippen molar-refractivity contribution in [2.45, 2.75) is 66.7 Å². The fraction of sp³-hybridized carbons (Fsp3) is 1.00. The molecule has 0 amide bonds. The van der Waals surface area contributed by atoms with Gasteiger partial charge in [-0.3, -0.25) is 0 Å². The van der Waals surface area contributed by atoms with Gasteiger partial charge in [-0.15, -0.1) is 0 Å². The van der Waals surface area contributed by atoms with Crippen molar-refractivity contribution < 1.29 is 0 Å². The number of hydrogen-bond acceptors (Lipinski definition) is 2. The summed E-state index contributed by atoms with van der Waals surface area (Å²) in [4.78, 5) is 5.32. The van der Waals surface area contributed by atoms with Crippen LogP contribution in [-0.4, -0.2) is 49.1 Å². The second kappa shape index (κ2) is 9.42. The van der Waals surface area contributed by atoms with Crippen LogP contribution in [0.25, 0.3) is 0 Å². The molecule has 1 atom stereocenters. The summed E-state index contributed by atoms with van der Waals surface area (Å²) in [5.74, 6) is 4.65. The molecule has 136 valence electrons. The molecule has 2 heterocycles. The number of nitrogens with zero attached hydrogens (tertiary/aromatic N) is 2. The van der Waals surface area contributed by atoms with Crippen molar-refractivity contribution in [1.82, 2.24) is 9.80 Å². The van der Waals surface area contributed by atoms with E-state index in [1.807, 2.05) is 0 Å². The Labute approximate surface area is 146 Å². The number of likely N-dealkylation sites (tertiary alicyclic amines) is 2. The summed E-state index contributed by atoms with van der Waals surface area (Å²) in [6.45, 7) is 20.0. The zero-order valence-electron chi connectivity index (χ0n) is 16.6. The maximum absolute atomic E-state index is 2.67. The topological polar surface area (TPSA) is 6.48 Å². The normalized spacial score (nSPS) is 22.6. The molecule has 0 aromatic rings. The van der Waals surface area contributed by atoms with E-state index in [9.17, 15) is 0 Å². The molecule has 0 saturated carbocycles. The molecule has 0 N–H and O–H groups in total. The van der Waals surface area contributed by atoms with Crippen LogP contribution in [0.3, 0.4) is 0 Å². The molecule has 0 aliphatic carbocycles. The van der Waals surface area contributed by atoms with Crippen molar-refractivity contribution in [3.8, 4) is 0 Å². The molecular formula is C21H42N2. The first-order chi connectivity index (χ1) is 10.9. The molecule has 2 nitrogen and oxygen atoms in total. The minimum Gasteiger partial charge on any atom is -0.303 e. The van der Waals surface area contributed by atoms with E-state index in [2.05, 4.69) is 44.4 Å². The zero-order valence-corrected chi connectivity index (χ0v) is 16.6. The summed E-state index contributed by atoms with van der Waals surface area (Å²) < 4.78 is 0. The van der Waals surface area contributed by atoms with Crippen LogP contribution in [0.15, 0.2) is 0 Å². The second-order valence-corrected chi connectivity index (χ2v) is 9.40. The molecule has 2 rings (SSSR count). The van der Waals surface area contributed by atoms with Crippen molar-refractivity contribution in [2.75, 3.05) is 39.3 Å². The Kier molecular flexibility index (Phi) is 7.88. The fourth-order valence-electron chi connectivity index (χ4n) is 4.00. The van der Waals surface area contributed by atoms with Gasteiger partial charge in [0, 0.05) is 26.2 Å². The van der Waals surface area contributed by atoms with Crippen molar-refractivity contribution in [3.05, 3.63) is 0 Å². The van der Waals surface area contributed by atoms with Crippen molar-refractivity contribution in [1.29, 1.82) is 0 Å². The highest BCUT2D eigenvalue weighted by Crippen LogP contribution is 2.26. The predicted octanol–water partition coefficient (Wildman–Crippen LogP) is 4.75. The van der Waals surface area contributed by atoms with Gasteiger partial charge in [0.05, 0.1) is 0 Å². The van der Waals surface area contributed by atoms with E-state index in [4.69, 9.17) is 0 Å². The Balaban J connectivity index is 1.40. The lowest BCUT2D eigenvalue weighted by Gasteiger charge is -2.42.